The van der Waals surface area contributed by atoms with Gasteiger partial charge in [0.05, 0.1) is 17.9 Å². The summed E-state index contributed by atoms with van der Waals surface area (Å²) in [6.45, 7) is 4.91. The molecule has 1 rings (SSSR count). The van der Waals surface area contributed by atoms with Crippen LogP contribution in [0.4, 0.5) is 0 Å². The molecule has 90 valence electrons. The van der Waals surface area contributed by atoms with Gasteiger partial charge in [0.2, 0.25) is 10.0 Å². The van der Waals surface area contributed by atoms with E-state index in [1.165, 1.54) is 0 Å². The van der Waals surface area contributed by atoms with Crippen LogP contribution in [-0.4, -0.2) is 44.5 Å². The highest BCUT2D eigenvalue weighted by Gasteiger charge is 2.27. The van der Waals surface area contributed by atoms with Gasteiger partial charge < -0.3 is 10.4 Å². The molecule has 5 nitrogen and oxygen atoms in total. The van der Waals surface area contributed by atoms with Crippen LogP contribution in [0.2, 0.25) is 0 Å². The van der Waals surface area contributed by atoms with Gasteiger partial charge in [0.15, 0.2) is 0 Å². The van der Waals surface area contributed by atoms with Gasteiger partial charge in [0.25, 0.3) is 0 Å². The Morgan fingerprint density at radius 1 is 1.53 bits per heavy atom. The van der Waals surface area contributed by atoms with E-state index in [4.69, 9.17) is 0 Å². The van der Waals surface area contributed by atoms with Crippen molar-refractivity contribution in [3.63, 3.8) is 0 Å². The number of aliphatic hydroxyl groups excluding tert-OH is 1. The SMILES string of the molecule is CC(C)CS(=O)(=O)N[C@@H]1CCNC[C@H]1O. The zero-order valence-electron chi connectivity index (χ0n) is 9.23. The van der Waals surface area contributed by atoms with Crippen LogP contribution in [-0.2, 0) is 10.0 Å². The van der Waals surface area contributed by atoms with Gasteiger partial charge in [0.1, 0.15) is 0 Å². The predicted molar refractivity (Wildman–Crippen MR) is 59.0 cm³/mol. The number of piperidine rings is 1. The molecule has 1 aliphatic rings. The molecule has 6 heteroatoms. The predicted octanol–water partition coefficient (Wildman–Crippen LogP) is -0.715. The van der Waals surface area contributed by atoms with Crippen LogP contribution in [0.5, 0.6) is 0 Å². The maximum Gasteiger partial charge on any atom is 0.212 e. The lowest BCUT2D eigenvalue weighted by molar-refractivity contribution is 0.113. The first-order valence-electron chi connectivity index (χ1n) is 5.29. The monoisotopic (exact) mass is 236 g/mol. The summed E-state index contributed by atoms with van der Waals surface area (Å²) in [5, 5.41) is 12.6. The molecule has 1 aliphatic heterocycles. The summed E-state index contributed by atoms with van der Waals surface area (Å²) in [5.74, 6) is 0.213. The van der Waals surface area contributed by atoms with Gasteiger partial charge >= 0.3 is 0 Å². The molecule has 0 aliphatic carbocycles. The highest BCUT2D eigenvalue weighted by Crippen LogP contribution is 2.07. The van der Waals surface area contributed by atoms with E-state index in [0.29, 0.717) is 13.0 Å². The van der Waals surface area contributed by atoms with Gasteiger partial charge in [0, 0.05) is 6.54 Å². The summed E-state index contributed by atoms with van der Waals surface area (Å²) < 4.78 is 25.8. The number of nitrogens with one attached hydrogen (secondary N) is 2. The Bertz CT molecular complexity index is 290. The molecule has 2 atom stereocenters. The van der Waals surface area contributed by atoms with E-state index in [2.05, 4.69) is 10.0 Å². The number of sulfonamides is 1. The van der Waals surface area contributed by atoms with Crippen molar-refractivity contribution in [2.24, 2.45) is 5.92 Å². The summed E-state index contributed by atoms with van der Waals surface area (Å²) in [5.41, 5.74) is 0. The van der Waals surface area contributed by atoms with E-state index < -0.39 is 16.1 Å². The Morgan fingerprint density at radius 2 is 2.20 bits per heavy atom. The quantitative estimate of drug-likeness (QED) is 0.602. The van der Waals surface area contributed by atoms with Gasteiger partial charge in [-0.3, -0.25) is 0 Å². The number of rotatable bonds is 4. The first-order chi connectivity index (χ1) is 6.91. The second-order valence-electron chi connectivity index (χ2n) is 4.46. The maximum atomic E-state index is 11.6. The molecule has 0 spiro atoms. The summed E-state index contributed by atoms with van der Waals surface area (Å²) in [4.78, 5) is 0. The third kappa shape index (κ3) is 4.46. The van der Waals surface area contributed by atoms with Crippen LogP contribution in [0.1, 0.15) is 20.3 Å². The van der Waals surface area contributed by atoms with Crippen molar-refractivity contribution in [3.8, 4) is 0 Å². The molecule has 1 saturated heterocycles. The Balaban J connectivity index is 2.52. The summed E-state index contributed by atoms with van der Waals surface area (Å²) >= 11 is 0. The van der Waals surface area contributed by atoms with Crippen molar-refractivity contribution in [2.75, 3.05) is 18.8 Å². The number of hydrogen-bond donors (Lipinski definition) is 3. The van der Waals surface area contributed by atoms with Crippen LogP contribution in [0.25, 0.3) is 0 Å². The third-order valence-electron chi connectivity index (χ3n) is 2.33. The fourth-order valence-corrected chi connectivity index (χ4v) is 3.41. The first kappa shape index (κ1) is 12.9. The van der Waals surface area contributed by atoms with Crippen molar-refractivity contribution in [2.45, 2.75) is 32.4 Å². The Hall–Kier alpha value is -0.170. The van der Waals surface area contributed by atoms with E-state index >= 15 is 0 Å². The van der Waals surface area contributed by atoms with Gasteiger partial charge in [-0.2, -0.15) is 0 Å². The maximum absolute atomic E-state index is 11.6. The minimum atomic E-state index is -3.25. The van der Waals surface area contributed by atoms with Crippen LogP contribution in [0.3, 0.4) is 0 Å². The van der Waals surface area contributed by atoms with E-state index in [1.54, 1.807) is 0 Å². The van der Waals surface area contributed by atoms with Crippen LogP contribution in [0.15, 0.2) is 0 Å². The molecule has 0 aromatic heterocycles. The van der Waals surface area contributed by atoms with E-state index in [-0.39, 0.29) is 17.7 Å². The zero-order chi connectivity index (χ0) is 11.5. The third-order valence-corrected chi connectivity index (χ3v) is 4.10. The number of β-amino-alcohol motifs (C(OH)–C–C–N with tert-alkyl or cyclic N) is 1. The molecule has 0 aromatic rings. The number of aliphatic hydroxyl groups is 1. The average Bonchev–Trinajstić information content (AvgIpc) is 2.06. The normalized spacial score (nSPS) is 28.3. The van der Waals surface area contributed by atoms with Crippen molar-refractivity contribution < 1.29 is 13.5 Å². The topological polar surface area (TPSA) is 78.4 Å². The van der Waals surface area contributed by atoms with Crippen LogP contribution < -0.4 is 10.0 Å². The van der Waals surface area contributed by atoms with Gasteiger partial charge in [-0.25, -0.2) is 13.1 Å². The molecule has 0 amide bonds. The molecule has 0 unspecified atom stereocenters. The minimum absolute atomic E-state index is 0.0985. The smallest absolute Gasteiger partial charge is 0.212 e. The van der Waals surface area contributed by atoms with Crippen molar-refractivity contribution in [3.05, 3.63) is 0 Å². The van der Waals surface area contributed by atoms with E-state index in [9.17, 15) is 13.5 Å². The van der Waals surface area contributed by atoms with E-state index in [1.807, 2.05) is 13.8 Å². The molecule has 15 heavy (non-hydrogen) atoms. The summed E-state index contributed by atoms with van der Waals surface area (Å²) in [7, 11) is -3.25. The van der Waals surface area contributed by atoms with Crippen molar-refractivity contribution in [1.82, 2.24) is 10.0 Å². The Morgan fingerprint density at radius 3 is 2.73 bits per heavy atom. The van der Waals surface area contributed by atoms with Gasteiger partial charge in [-0.1, -0.05) is 13.8 Å². The van der Waals surface area contributed by atoms with Gasteiger partial charge in [-0.05, 0) is 18.9 Å². The van der Waals surface area contributed by atoms with Crippen molar-refractivity contribution in [1.29, 1.82) is 0 Å². The molecular weight excluding hydrogens is 216 g/mol. The molecule has 1 heterocycles. The fourth-order valence-electron chi connectivity index (χ4n) is 1.70. The van der Waals surface area contributed by atoms with Gasteiger partial charge in [-0.15, -0.1) is 0 Å². The lowest BCUT2D eigenvalue weighted by Gasteiger charge is -2.29. The molecule has 0 aromatic carbocycles. The van der Waals surface area contributed by atoms with Crippen LogP contribution >= 0.6 is 0 Å². The molecule has 0 radical (unpaired) electrons. The summed E-state index contributed by atoms with van der Waals surface area (Å²) in [6.07, 6.45) is 0.0130. The summed E-state index contributed by atoms with van der Waals surface area (Å²) in [6, 6.07) is -0.338. The highest BCUT2D eigenvalue weighted by atomic mass is 32.2. The van der Waals surface area contributed by atoms with E-state index in [0.717, 1.165) is 6.54 Å². The lowest BCUT2D eigenvalue weighted by Crippen LogP contribution is -2.53. The Kier molecular flexibility index (Phi) is 4.51. The first-order valence-corrected chi connectivity index (χ1v) is 6.95. The highest BCUT2D eigenvalue weighted by molar-refractivity contribution is 7.89. The van der Waals surface area contributed by atoms with Crippen molar-refractivity contribution >= 4 is 10.0 Å². The molecule has 3 N–H and O–H groups in total. The largest absolute Gasteiger partial charge is 0.390 e. The van der Waals surface area contributed by atoms with Crippen LogP contribution in [0, 0.1) is 5.92 Å². The fraction of sp³-hybridized carbons (Fsp3) is 1.00. The zero-order valence-corrected chi connectivity index (χ0v) is 10.0. The lowest BCUT2D eigenvalue weighted by atomic mass is 10.1. The minimum Gasteiger partial charge on any atom is -0.390 e. The molecule has 0 saturated carbocycles. The standard InChI is InChI=1S/C9H20N2O3S/c1-7(2)6-15(13,14)11-8-3-4-10-5-9(8)12/h7-12H,3-6H2,1-2H3/t8-,9-/m1/s1. The second kappa shape index (κ2) is 5.25. The number of hydrogen-bond acceptors (Lipinski definition) is 4. The second-order valence-corrected chi connectivity index (χ2v) is 6.26. The average molecular weight is 236 g/mol. The molecular formula is C9H20N2O3S. The molecule has 0 bridgehead atoms. The molecule has 1 fully saturated rings. The Labute approximate surface area is 91.3 Å².